The van der Waals surface area contributed by atoms with E-state index in [1.807, 2.05) is 18.3 Å². The summed E-state index contributed by atoms with van der Waals surface area (Å²) in [6, 6.07) is 25.1. The van der Waals surface area contributed by atoms with Crippen LogP contribution in [0.3, 0.4) is 0 Å². The molecule has 1 fully saturated rings. The fourth-order valence-corrected chi connectivity index (χ4v) is 5.11. The van der Waals surface area contributed by atoms with Gasteiger partial charge in [0.25, 0.3) is 0 Å². The van der Waals surface area contributed by atoms with Gasteiger partial charge in [-0.15, -0.1) is 0 Å². The van der Waals surface area contributed by atoms with Crippen LogP contribution >= 0.6 is 28.1 Å². The first kappa shape index (κ1) is 20.9. The van der Waals surface area contributed by atoms with Gasteiger partial charge in [0.1, 0.15) is 6.04 Å². The topological polar surface area (TPSA) is 33.1 Å². The monoisotopic (exact) mass is 502 g/mol. The van der Waals surface area contributed by atoms with Gasteiger partial charge in [-0.1, -0.05) is 28.1 Å². The number of halogens is 1. The van der Waals surface area contributed by atoms with Crippen LogP contribution in [-0.2, 0) is 0 Å². The fourth-order valence-electron chi connectivity index (χ4n) is 4.50. The number of nitrogens with one attached hydrogen (secondary N) is 1. The van der Waals surface area contributed by atoms with Crippen molar-refractivity contribution >= 4 is 38.9 Å². The van der Waals surface area contributed by atoms with Crippen LogP contribution in [0.5, 0.6) is 0 Å². The van der Waals surface area contributed by atoms with Crippen LogP contribution in [0.2, 0.25) is 0 Å². The number of anilines is 1. The van der Waals surface area contributed by atoms with Gasteiger partial charge in [-0.25, -0.2) is 0 Å². The second kappa shape index (κ2) is 8.52. The Balaban J connectivity index is 1.68. The molecule has 0 bridgehead atoms. The van der Waals surface area contributed by atoms with Gasteiger partial charge in [0, 0.05) is 33.9 Å². The Morgan fingerprint density at radius 3 is 2.34 bits per heavy atom. The number of hydrogen-bond donors (Lipinski definition) is 1. The highest BCUT2D eigenvalue weighted by molar-refractivity contribution is 9.10. The molecule has 160 valence electrons. The predicted molar refractivity (Wildman–Crippen MR) is 137 cm³/mol. The summed E-state index contributed by atoms with van der Waals surface area (Å²) in [6.45, 7) is 4.25. The number of benzene rings is 2. The lowest BCUT2D eigenvalue weighted by molar-refractivity contribution is 0.549. The summed E-state index contributed by atoms with van der Waals surface area (Å²) >= 11 is 9.43. The molecule has 1 N–H and O–H groups in total. The van der Waals surface area contributed by atoms with Crippen molar-refractivity contribution in [2.24, 2.45) is 0 Å². The Morgan fingerprint density at radius 1 is 0.906 bits per heavy atom. The number of rotatable bonds is 4. The van der Waals surface area contributed by atoms with Gasteiger partial charge in [-0.3, -0.25) is 4.98 Å². The molecule has 1 saturated heterocycles. The summed E-state index contributed by atoms with van der Waals surface area (Å²) < 4.78 is 3.29. The first-order valence-corrected chi connectivity index (χ1v) is 11.7. The number of pyridine rings is 1. The molecule has 32 heavy (non-hydrogen) atoms. The summed E-state index contributed by atoms with van der Waals surface area (Å²) in [4.78, 5) is 6.90. The van der Waals surface area contributed by atoms with Gasteiger partial charge >= 0.3 is 0 Å². The van der Waals surface area contributed by atoms with E-state index in [4.69, 9.17) is 12.2 Å². The zero-order chi connectivity index (χ0) is 22.2. The lowest BCUT2D eigenvalue weighted by Gasteiger charge is -2.29. The van der Waals surface area contributed by atoms with Crippen LogP contribution in [0.15, 0.2) is 89.7 Å². The lowest BCUT2D eigenvalue weighted by Crippen LogP contribution is -2.30. The van der Waals surface area contributed by atoms with E-state index in [1.54, 1.807) is 0 Å². The van der Waals surface area contributed by atoms with E-state index in [9.17, 15) is 0 Å². The molecule has 1 aliphatic rings. The molecular formula is C26H23BrN4S. The van der Waals surface area contributed by atoms with Crippen molar-refractivity contribution in [3.8, 4) is 5.69 Å². The molecule has 2 unspecified atom stereocenters. The molecule has 0 radical (unpaired) electrons. The van der Waals surface area contributed by atoms with Gasteiger partial charge in [0.15, 0.2) is 5.11 Å². The van der Waals surface area contributed by atoms with Crippen LogP contribution in [0, 0.1) is 13.8 Å². The van der Waals surface area contributed by atoms with Crippen LogP contribution in [0.4, 0.5) is 5.69 Å². The van der Waals surface area contributed by atoms with Crippen LogP contribution in [-0.4, -0.2) is 14.7 Å². The second-order valence-corrected chi connectivity index (χ2v) is 9.42. The molecule has 4 aromatic rings. The maximum atomic E-state index is 5.89. The molecule has 0 spiro atoms. The molecule has 2 aromatic carbocycles. The van der Waals surface area contributed by atoms with Gasteiger partial charge in [0.05, 0.1) is 11.7 Å². The molecule has 0 amide bonds. The van der Waals surface area contributed by atoms with Gasteiger partial charge < -0.3 is 14.8 Å². The average molecular weight is 503 g/mol. The molecule has 3 heterocycles. The van der Waals surface area contributed by atoms with E-state index in [-0.39, 0.29) is 12.1 Å². The normalized spacial score (nSPS) is 18.1. The van der Waals surface area contributed by atoms with E-state index in [2.05, 4.69) is 116 Å². The summed E-state index contributed by atoms with van der Waals surface area (Å²) in [5, 5.41) is 4.27. The standard InChI is InChI=1S/C26H23BrN4S/c1-17-14-18(2)16-21(15-17)31-25(24(29-26(31)32)22-6-3-4-12-28-22)23-7-5-13-30(23)20-10-8-19(27)9-11-20/h3-16,24-25H,1-2H3,(H,29,32). The Bertz CT molecular complexity index is 1250. The third-order valence-corrected chi connectivity index (χ3v) is 6.61. The van der Waals surface area contributed by atoms with Gasteiger partial charge in [-0.2, -0.15) is 0 Å². The van der Waals surface area contributed by atoms with E-state index in [0.717, 1.165) is 27.2 Å². The van der Waals surface area contributed by atoms with E-state index >= 15 is 0 Å². The molecule has 5 rings (SSSR count). The smallest absolute Gasteiger partial charge is 0.174 e. The fraction of sp³-hybridized carbons (Fsp3) is 0.154. The summed E-state index contributed by atoms with van der Waals surface area (Å²) in [7, 11) is 0. The quantitative estimate of drug-likeness (QED) is 0.326. The maximum Gasteiger partial charge on any atom is 0.174 e. The van der Waals surface area contributed by atoms with Crippen molar-refractivity contribution in [3.05, 3.63) is 112 Å². The summed E-state index contributed by atoms with van der Waals surface area (Å²) in [5.41, 5.74) is 6.74. The Hall–Kier alpha value is -2.96. The number of aryl methyl sites for hydroxylation is 2. The molecular weight excluding hydrogens is 480 g/mol. The number of nitrogens with zero attached hydrogens (tertiary/aromatic N) is 3. The first-order chi connectivity index (χ1) is 15.5. The largest absolute Gasteiger partial charge is 0.351 e. The number of hydrogen-bond acceptors (Lipinski definition) is 2. The zero-order valence-electron chi connectivity index (χ0n) is 17.9. The molecule has 4 nitrogen and oxygen atoms in total. The van der Waals surface area contributed by atoms with E-state index in [0.29, 0.717) is 5.11 Å². The van der Waals surface area contributed by atoms with Crippen molar-refractivity contribution in [2.45, 2.75) is 25.9 Å². The molecule has 2 atom stereocenters. The highest BCUT2D eigenvalue weighted by Crippen LogP contribution is 2.42. The molecule has 1 aliphatic heterocycles. The minimum Gasteiger partial charge on any atom is -0.351 e. The molecule has 6 heteroatoms. The summed E-state index contributed by atoms with van der Waals surface area (Å²) in [5.74, 6) is 0. The number of thiocarbonyl (C=S) groups is 1. The van der Waals surface area contributed by atoms with E-state index in [1.165, 1.54) is 11.1 Å². The SMILES string of the molecule is Cc1cc(C)cc(N2C(=S)NC(c3ccccn3)C2c2cccn2-c2ccc(Br)cc2)c1. The highest BCUT2D eigenvalue weighted by atomic mass is 79.9. The molecule has 0 aliphatic carbocycles. The van der Waals surface area contributed by atoms with Crippen LogP contribution < -0.4 is 10.2 Å². The minimum atomic E-state index is -0.0754. The Labute approximate surface area is 202 Å². The van der Waals surface area contributed by atoms with E-state index < -0.39 is 0 Å². The number of aromatic nitrogens is 2. The average Bonchev–Trinajstić information content (AvgIpc) is 3.38. The third kappa shape index (κ3) is 3.85. The molecule has 0 saturated carbocycles. The predicted octanol–water partition coefficient (Wildman–Crippen LogP) is 6.43. The lowest BCUT2D eigenvalue weighted by atomic mass is 10.00. The van der Waals surface area contributed by atoms with Crippen molar-refractivity contribution < 1.29 is 0 Å². The Kier molecular flexibility index (Phi) is 5.57. The van der Waals surface area contributed by atoms with Crippen molar-refractivity contribution in [1.82, 2.24) is 14.9 Å². The maximum absolute atomic E-state index is 5.89. The third-order valence-electron chi connectivity index (χ3n) is 5.77. The van der Waals surface area contributed by atoms with Crippen LogP contribution in [0.1, 0.15) is 34.6 Å². The van der Waals surface area contributed by atoms with Gasteiger partial charge in [-0.05, 0) is 97.9 Å². The van der Waals surface area contributed by atoms with Gasteiger partial charge in [0.2, 0.25) is 0 Å². The van der Waals surface area contributed by atoms with Crippen molar-refractivity contribution in [2.75, 3.05) is 4.90 Å². The highest BCUT2D eigenvalue weighted by Gasteiger charge is 2.42. The Morgan fingerprint density at radius 2 is 1.66 bits per heavy atom. The summed E-state index contributed by atoms with van der Waals surface area (Å²) in [6.07, 6.45) is 3.94. The second-order valence-electron chi connectivity index (χ2n) is 8.12. The van der Waals surface area contributed by atoms with Crippen molar-refractivity contribution in [1.29, 1.82) is 0 Å². The van der Waals surface area contributed by atoms with Crippen molar-refractivity contribution in [3.63, 3.8) is 0 Å². The minimum absolute atomic E-state index is 0.0581. The molecule has 2 aromatic heterocycles. The van der Waals surface area contributed by atoms with Crippen LogP contribution in [0.25, 0.3) is 5.69 Å². The first-order valence-electron chi connectivity index (χ1n) is 10.5. The zero-order valence-corrected chi connectivity index (χ0v) is 20.3.